The molecule has 0 N–H and O–H groups in total. The maximum Gasteiger partial charge on any atom is 0.259 e. The Hall–Kier alpha value is -2.57. The van der Waals surface area contributed by atoms with E-state index in [1.807, 2.05) is 6.92 Å². The highest BCUT2D eigenvalue weighted by Gasteiger charge is 2.29. The van der Waals surface area contributed by atoms with Crippen molar-refractivity contribution in [2.45, 2.75) is 32.8 Å². The molecule has 0 aliphatic carbocycles. The van der Waals surface area contributed by atoms with Gasteiger partial charge in [-0.2, -0.15) is 4.98 Å². The molecule has 1 aliphatic heterocycles. The fourth-order valence-corrected chi connectivity index (χ4v) is 2.99. The van der Waals surface area contributed by atoms with Crippen LogP contribution in [0.15, 0.2) is 24.3 Å². The highest BCUT2D eigenvalue weighted by Crippen LogP contribution is 2.21. The number of hydrogen-bond donors (Lipinski definition) is 0. The van der Waals surface area contributed by atoms with Crippen LogP contribution in [0.25, 0.3) is 0 Å². The summed E-state index contributed by atoms with van der Waals surface area (Å²) in [6.45, 7) is 4.32. The van der Waals surface area contributed by atoms with Gasteiger partial charge in [0.25, 0.3) is 5.91 Å². The smallest absolute Gasteiger partial charge is 0.259 e. The molecule has 1 aromatic carbocycles. The van der Waals surface area contributed by atoms with Crippen LogP contribution in [0.3, 0.4) is 0 Å². The minimum absolute atomic E-state index is 0.259. The molecule has 5 nitrogen and oxygen atoms in total. The Kier molecular flexibility index (Phi) is 4.92. The predicted molar refractivity (Wildman–Crippen MR) is 87.4 cm³/mol. The fraction of sp³-hybridized carbons (Fsp3) is 0.389. The van der Waals surface area contributed by atoms with Crippen molar-refractivity contribution in [3.8, 4) is 5.88 Å². The topological polar surface area (TPSA) is 55.3 Å². The number of carbonyl (C=O) groups excluding carboxylic acids is 1. The van der Waals surface area contributed by atoms with Crippen molar-refractivity contribution in [1.82, 2.24) is 14.9 Å². The Morgan fingerprint density at radius 3 is 2.64 bits per heavy atom. The van der Waals surface area contributed by atoms with Gasteiger partial charge in [-0.3, -0.25) is 4.79 Å². The molecule has 2 aromatic rings. The maximum absolute atomic E-state index is 13.9. The Morgan fingerprint density at radius 2 is 1.96 bits per heavy atom. The van der Waals surface area contributed by atoms with Gasteiger partial charge >= 0.3 is 0 Å². The zero-order valence-electron chi connectivity index (χ0n) is 14.1. The average molecular weight is 347 g/mol. The van der Waals surface area contributed by atoms with E-state index >= 15 is 0 Å². The van der Waals surface area contributed by atoms with E-state index in [1.54, 1.807) is 13.0 Å². The van der Waals surface area contributed by atoms with Crippen LogP contribution in [0.4, 0.5) is 8.78 Å². The lowest BCUT2D eigenvalue weighted by Gasteiger charge is -2.32. The highest BCUT2D eigenvalue weighted by atomic mass is 19.1. The number of nitrogens with zero attached hydrogens (tertiary/aromatic N) is 3. The molecule has 0 bridgehead atoms. The number of ether oxygens (including phenoxy) is 1. The number of carbonyl (C=O) groups is 1. The van der Waals surface area contributed by atoms with Gasteiger partial charge < -0.3 is 9.64 Å². The van der Waals surface area contributed by atoms with E-state index in [-0.39, 0.29) is 12.6 Å². The molecule has 2 heterocycles. The van der Waals surface area contributed by atoms with E-state index in [0.717, 1.165) is 24.2 Å². The Balaban J connectivity index is 1.73. The summed E-state index contributed by atoms with van der Waals surface area (Å²) in [7, 11) is 0. The van der Waals surface area contributed by atoms with E-state index in [2.05, 4.69) is 9.97 Å². The van der Waals surface area contributed by atoms with Crippen LogP contribution >= 0.6 is 0 Å². The molecular weight excluding hydrogens is 328 g/mol. The van der Waals surface area contributed by atoms with Crippen molar-refractivity contribution >= 4 is 5.91 Å². The molecule has 0 saturated carbocycles. The summed E-state index contributed by atoms with van der Waals surface area (Å²) >= 11 is 0. The number of hydrogen-bond acceptors (Lipinski definition) is 4. The van der Waals surface area contributed by atoms with Crippen molar-refractivity contribution in [2.24, 2.45) is 0 Å². The minimum Gasteiger partial charge on any atom is -0.472 e. The molecule has 3 rings (SSSR count). The molecule has 1 aromatic heterocycles. The molecule has 0 spiro atoms. The third-order valence-corrected chi connectivity index (χ3v) is 4.07. The van der Waals surface area contributed by atoms with Gasteiger partial charge in [0.15, 0.2) is 0 Å². The average Bonchev–Trinajstić information content (AvgIpc) is 2.54. The van der Waals surface area contributed by atoms with Crippen molar-refractivity contribution in [3.63, 3.8) is 0 Å². The second kappa shape index (κ2) is 7.13. The molecule has 7 heteroatoms. The number of halogens is 2. The quantitative estimate of drug-likeness (QED) is 0.856. The van der Waals surface area contributed by atoms with Crippen LogP contribution in [0.2, 0.25) is 0 Å². The normalized spacial score (nSPS) is 17.4. The lowest BCUT2D eigenvalue weighted by atomic mass is 10.1. The van der Waals surface area contributed by atoms with E-state index in [1.165, 1.54) is 11.0 Å². The summed E-state index contributed by atoms with van der Waals surface area (Å²) in [5.41, 5.74) is 0.275. The van der Waals surface area contributed by atoms with Crippen LogP contribution in [-0.4, -0.2) is 40.0 Å². The molecular formula is C18H19F2N3O2. The zero-order chi connectivity index (χ0) is 18.0. The monoisotopic (exact) mass is 347 g/mol. The van der Waals surface area contributed by atoms with E-state index < -0.39 is 23.1 Å². The van der Waals surface area contributed by atoms with E-state index in [4.69, 9.17) is 4.74 Å². The van der Waals surface area contributed by atoms with Gasteiger partial charge in [-0.25, -0.2) is 13.8 Å². The minimum atomic E-state index is -0.852. The molecule has 132 valence electrons. The van der Waals surface area contributed by atoms with E-state index in [0.29, 0.717) is 24.7 Å². The molecule has 1 atom stereocenters. The van der Waals surface area contributed by atoms with Gasteiger partial charge in [0.1, 0.15) is 29.1 Å². The largest absolute Gasteiger partial charge is 0.472 e. The third kappa shape index (κ3) is 3.92. The third-order valence-electron chi connectivity index (χ3n) is 4.07. The van der Waals surface area contributed by atoms with Crippen molar-refractivity contribution in [1.29, 1.82) is 0 Å². The second-order valence-electron chi connectivity index (χ2n) is 6.12. The molecule has 1 amide bonds. The summed E-state index contributed by atoms with van der Waals surface area (Å²) in [6.07, 6.45) is 1.16. The highest BCUT2D eigenvalue weighted by molar-refractivity contribution is 5.94. The van der Waals surface area contributed by atoms with Crippen LogP contribution in [0.1, 0.15) is 34.7 Å². The molecule has 0 radical (unpaired) electrons. The zero-order valence-corrected chi connectivity index (χ0v) is 14.1. The van der Waals surface area contributed by atoms with Crippen molar-refractivity contribution < 1.29 is 18.3 Å². The first-order valence-electron chi connectivity index (χ1n) is 8.16. The number of amides is 1. The Labute approximate surface area is 144 Å². The molecule has 25 heavy (non-hydrogen) atoms. The number of rotatable bonds is 3. The van der Waals surface area contributed by atoms with Crippen LogP contribution < -0.4 is 4.74 Å². The number of aryl methyl sites for hydroxylation is 2. The summed E-state index contributed by atoms with van der Waals surface area (Å²) < 4.78 is 33.6. The van der Waals surface area contributed by atoms with Crippen molar-refractivity contribution in [3.05, 3.63) is 53.0 Å². The van der Waals surface area contributed by atoms with Gasteiger partial charge in [-0.1, -0.05) is 6.07 Å². The van der Waals surface area contributed by atoms with Gasteiger partial charge in [-0.15, -0.1) is 0 Å². The summed E-state index contributed by atoms with van der Waals surface area (Å²) in [6, 6.07) is 5.13. The molecule has 1 saturated heterocycles. The SMILES string of the molecule is Cc1cc(OC2CCCN(C(=O)c3c(F)cccc3F)C2)nc(C)n1. The standard InChI is InChI=1S/C18H19F2N3O2/c1-11-9-16(22-12(2)21-11)25-13-5-4-8-23(10-13)18(24)17-14(19)6-3-7-15(17)20/h3,6-7,9,13H,4-5,8,10H2,1-2H3. The Morgan fingerprint density at radius 1 is 1.24 bits per heavy atom. The summed E-state index contributed by atoms with van der Waals surface area (Å²) in [5.74, 6) is -1.31. The predicted octanol–water partition coefficient (Wildman–Crippen LogP) is 3.06. The molecule has 1 fully saturated rings. The van der Waals surface area contributed by atoms with Crippen LogP contribution in [0, 0.1) is 25.5 Å². The van der Waals surface area contributed by atoms with Crippen LogP contribution in [-0.2, 0) is 0 Å². The number of likely N-dealkylation sites (tertiary alicyclic amines) is 1. The fourth-order valence-electron chi connectivity index (χ4n) is 2.99. The summed E-state index contributed by atoms with van der Waals surface area (Å²) in [5, 5.41) is 0. The lowest BCUT2D eigenvalue weighted by Crippen LogP contribution is -2.45. The lowest BCUT2D eigenvalue weighted by molar-refractivity contribution is 0.0518. The molecule has 1 unspecified atom stereocenters. The first-order valence-corrected chi connectivity index (χ1v) is 8.16. The number of piperidine rings is 1. The first kappa shape index (κ1) is 17.3. The second-order valence-corrected chi connectivity index (χ2v) is 6.12. The maximum atomic E-state index is 13.9. The van der Waals surface area contributed by atoms with Gasteiger partial charge in [0.2, 0.25) is 5.88 Å². The number of aromatic nitrogens is 2. The van der Waals surface area contributed by atoms with Crippen LogP contribution in [0.5, 0.6) is 5.88 Å². The van der Waals surface area contributed by atoms with E-state index in [9.17, 15) is 13.6 Å². The van der Waals surface area contributed by atoms with Gasteiger partial charge in [-0.05, 0) is 38.8 Å². The van der Waals surface area contributed by atoms with Gasteiger partial charge in [0, 0.05) is 18.3 Å². The first-order chi connectivity index (χ1) is 11.9. The molecule has 1 aliphatic rings. The Bertz CT molecular complexity index is 757. The van der Waals surface area contributed by atoms with Gasteiger partial charge in [0.05, 0.1) is 6.54 Å². The van der Waals surface area contributed by atoms with Crippen molar-refractivity contribution in [2.75, 3.05) is 13.1 Å². The summed E-state index contributed by atoms with van der Waals surface area (Å²) in [4.78, 5) is 22.4. The number of benzene rings is 1.